The van der Waals surface area contributed by atoms with E-state index < -0.39 is 28.0 Å². The van der Waals surface area contributed by atoms with E-state index in [1.165, 1.54) is 0 Å². The van der Waals surface area contributed by atoms with E-state index in [0.29, 0.717) is 0 Å². The largest absolute Gasteiger partial charge is 0.305 e. The summed E-state index contributed by atoms with van der Waals surface area (Å²) in [6, 6.07) is 0. The molecule has 1 saturated heterocycles. The molecular weight excluding hydrogens is 202 g/mol. The van der Waals surface area contributed by atoms with E-state index in [4.69, 9.17) is 0 Å². The number of hydrogen-bond acceptors (Lipinski definition) is 3. The van der Waals surface area contributed by atoms with Crippen LogP contribution >= 0.6 is 0 Å². The van der Waals surface area contributed by atoms with Gasteiger partial charge in [-0.15, -0.1) is 0 Å². The molecule has 0 spiro atoms. The van der Waals surface area contributed by atoms with E-state index in [-0.39, 0.29) is 24.3 Å². The summed E-state index contributed by atoms with van der Waals surface area (Å²) in [5, 5.41) is 0. The molecule has 1 rings (SSSR count). The maximum absolute atomic E-state index is 12.7. The quantitative estimate of drug-likeness (QED) is 0.631. The topological polar surface area (TPSA) is 51.2 Å². The minimum absolute atomic E-state index is 0.117. The second kappa shape index (κ2) is 3.32. The van der Waals surface area contributed by atoms with Crippen molar-refractivity contribution in [3.8, 4) is 0 Å². The lowest BCUT2D eigenvalue weighted by Crippen LogP contribution is -2.36. The number of sulfone groups is 1. The molecule has 1 aliphatic heterocycles. The minimum atomic E-state index is -3.37. The fourth-order valence-corrected chi connectivity index (χ4v) is 2.86. The van der Waals surface area contributed by atoms with Gasteiger partial charge in [0.2, 0.25) is 0 Å². The van der Waals surface area contributed by atoms with Crippen LogP contribution in [0.3, 0.4) is 0 Å². The van der Waals surface area contributed by atoms with Gasteiger partial charge >= 0.3 is 5.92 Å². The van der Waals surface area contributed by atoms with E-state index in [1.807, 2.05) is 0 Å². The normalized spacial score (nSPS) is 24.2. The Morgan fingerprint density at radius 2 is 1.69 bits per heavy atom. The molecule has 1 fully saturated rings. The molecule has 0 aromatic rings. The zero-order valence-electron chi connectivity index (χ0n) is 6.87. The van der Waals surface area contributed by atoms with Crippen molar-refractivity contribution in [2.45, 2.75) is 18.8 Å². The summed E-state index contributed by atoms with van der Waals surface area (Å²) >= 11 is 0. The Morgan fingerprint density at radius 1 is 1.23 bits per heavy atom. The van der Waals surface area contributed by atoms with Crippen LogP contribution in [0.2, 0.25) is 0 Å². The van der Waals surface area contributed by atoms with Crippen molar-refractivity contribution in [1.82, 2.24) is 0 Å². The highest BCUT2D eigenvalue weighted by atomic mass is 32.2. The van der Waals surface area contributed by atoms with Crippen LogP contribution < -0.4 is 0 Å². The van der Waals surface area contributed by atoms with E-state index >= 15 is 0 Å². The predicted octanol–water partition coefficient (Wildman–Crippen LogP) is 0.645. The molecule has 1 aliphatic rings. The monoisotopic (exact) mass is 212 g/mol. The van der Waals surface area contributed by atoms with E-state index in [9.17, 15) is 22.0 Å². The Balaban J connectivity index is 2.65. The molecule has 0 bridgehead atoms. The summed E-state index contributed by atoms with van der Waals surface area (Å²) in [6.45, 7) is 0. The van der Waals surface area contributed by atoms with Crippen molar-refractivity contribution in [3.05, 3.63) is 0 Å². The predicted molar refractivity (Wildman–Crippen MR) is 42.4 cm³/mol. The van der Waals surface area contributed by atoms with Gasteiger partial charge in [-0.1, -0.05) is 0 Å². The van der Waals surface area contributed by atoms with E-state index in [0.717, 1.165) is 0 Å². The zero-order valence-corrected chi connectivity index (χ0v) is 7.69. The summed E-state index contributed by atoms with van der Waals surface area (Å²) in [5.41, 5.74) is 0. The second-order valence-corrected chi connectivity index (χ2v) is 5.52. The first-order valence-electron chi connectivity index (χ1n) is 3.92. The standard InChI is InChI=1S/C7H10F2O3S/c8-7(9,5-10)6-1-3-13(11,12)4-2-6/h5-6H,1-4H2. The summed E-state index contributed by atoms with van der Waals surface area (Å²) in [4.78, 5) is 9.99. The van der Waals surface area contributed by atoms with Crippen LogP contribution in [-0.2, 0) is 14.6 Å². The molecular formula is C7H10F2O3S. The molecule has 13 heavy (non-hydrogen) atoms. The maximum atomic E-state index is 12.7. The van der Waals surface area contributed by atoms with Crippen LogP contribution in [0.25, 0.3) is 0 Å². The van der Waals surface area contributed by atoms with Crippen LogP contribution in [-0.4, -0.2) is 32.1 Å². The zero-order chi connectivity index (χ0) is 10.1. The molecule has 0 radical (unpaired) electrons. The average Bonchev–Trinajstić information content (AvgIpc) is 2.04. The minimum Gasteiger partial charge on any atom is -0.297 e. The molecule has 0 atom stereocenters. The van der Waals surface area contributed by atoms with Gasteiger partial charge in [0.25, 0.3) is 0 Å². The number of carbonyl (C=O) groups is 1. The van der Waals surface area contributed by atoms with E-state index in [1.54, 1.807) is 0 Å². The fourth-order valence-electron chi connectivity index (χ4n) is 1.37. The number of alkyl halides is 2. The van der Waals surface area contributed by atoms with E-state index in [2.05, 4.69) is 0 Å². The Morgan fingerprint density at radius 3 is 2.08 bits per heavy atom. The third kappa shape index (κ3) is 2.46. The highest BCUT2D eigenvalue weighted by Crippen LogP contribution is 2.32. The Bertz CT molecular complexity index is 283. The lowest BCUT2D eigenvalue weighted by molar-refractivity contribution is -0.137. The maximum Gasteiger partial charge on any atom is 0.305 e. The summed E-state index contributed by atoms with van der Waals surface area (Å²) in [6.07, 6.45) is -0.627. The first-order chi connectivity index (χ1) is 5.87. The van der Waals surface area contributed by atoms with Crippen molar-refractivity contribution in [2.75, 3.05) is 11.5 Å². The van der Waals surface area contributed by atoms with Crippen molar-refractivity contribution < 1.29 is 22.0 Å². The summed E-state index contributed by atoms with van der Waals surface area (Å²) in [5.74, 6) is -4.94. The molecule has 3 nitrogen and oxygen atoms in total. The highest BCUT2D eigenvalue weighted by Gasteiger charge is 2.42. The van der Waals surface area contributed by atoms with Gasteiger partial charge in [-0.25, -0.2) is 8.42 Å². The van der Waals surface area contributed by atoms with Crippen LogP contribution in [0.15, 0.2) is 0 Å². The van der Waals surface area contributed by atoms with Crippen molar-refractivity contribution in [2.24, 2.45) is 5.92 Å². The number of rotatable bonds is 2. The van der Waals surface area contributed by atoms with Crippen molar-refractivity contribution in [3.63, 3.8) is 0 Å². The van der Waals surface area contributed by atoms with Gasteiger partial charge in [0.15, 0.2) is 6.29 Å². The van der Waals surface area contributed by atoms with Crippen LogP contribution in [0.1, 0.15) is 12.8 Å². The smallest absolute Gasteiger partial charge is 0.297 e. The number of carbonyl (C=O) groups excluding carboxylic acids is 1. The molecule has 6 heteroatoms. The summed E-state index contributed by atoms with van der Waals surface area (Å²) < 4.78 is 47.2. The Labute approximate surface area is 75.0 Å². The molecule has 0 N–H and O–H groups in total. The molecule has 0 amide bonds. The Hall–Kier alpha value is -0.520. The van der Waals surface area contributed by atoms with Crippen LogP contribution in [0, 0.1) is 5.92 Å². The SMILES string of the molecule is O=CC(F)(F)C1CCS(=O)(=O)CC1. The Kier molecular flexibility index (Phi) is 2.70. The van der Waals surface area contributed by atoms with Crippen molar-refractivity contribution >= 4 is 16.1 Å². The van der Waals surface area contributed by atoms with Gasteiger partial charge < -0.3 is 0 Å². The van der Waals surface area contributed by atoms with Gasteiger partial charge in [0.1, 0.15) is 9.84 Å². The lowest BCUT2D eigenvalue weighted by Gasteiger charge is -2.25. The van der Waals surface area contributed by atoms with Gasteiger partial charge in [0, 0.05) is 5.92 Å². The lowest BCUT2D eigenvalue weighted by atomic mass is 9.96. The molecule has 0 aromatic carbocycles. The molecule has 0 saturated carbocycles. The molecule has 0 unspecified atom stereocenters. The highest BCUT2D eigenvalue weighted by molar-refractivity contribution is 7.91. The van der Waals surface area contributed by atoms with Crippen LogP contribution in [0.5, 0.6) is 0 Å². The number of aldehydes is 1. The molecule has 76 valence electrons. The van der Waals surface area contributed by atoms with Gasteiger partial charge in [-0.2, -0.15) is 8.78 Å². The molecule has 1 heterocycles. The second-order valence-electron chi connectivity index (χ2n) is 3.22. The first-order valence-corrected chi connectivity index (χ1v) is 5.74. The van der Waals surface area contributed by atoms with Crippen molar-refractivity contribution in [1.29, 1.82) is 0 Å². The van der Waals surface area contributed by atoms with Crippen LogP contribution in [0.4, 0.5) is 8.78 Å². The third-order valence-electron chi connectivity index (χ3n) is 2.26. The summed E-state index contributed by atoms with van der Waals surface area (Å²) in [7, 11) is -3.13. The third-order valence-corrected chi connectivity index (χ3v) is 3.97. The molecule has 0 aromatic heterocycles. The van der Waals surface area contributed by atoms with Gasteiger partial charge in [-0.05, 0) is 12.8 Å². The fraction of sp³-hybridized carbons (Fsp3) is 0.857. The van der Waals surface area contributed by atoms with Gasteiger partial charge in [0.05, 0.1) is 11.5 Å². The average molecular weight is 212 g/mol. The van der Waals surface area contributed by atoms with Gasteiger partial charge in [-0.3, -0.25) is 4.79 Å². The molecule has 0 aliphatic carbocycles. The number of halogens is 2. The first kappa shape index (κ1) is 10.6. The number of hydrogen-bond donors (Lipinski definition) is 0.